The molecule has 1 aromatic rings. The smallest absolute Gasteiger partial charge is 0.205 e. The zero-order valence-corrected chi connectivity index (χ0v) is 12.5. The van der Waals surface area contributed by atoms with Crippen molar-refractivity contribution in [2.45, 2.75) is 25.8 Å². The molecule has 112 valence electrons. The average Bonchev–Trinajstić information content (AvgIpc) is 2.93. The third kappa shape index (κ3) is 2.94. The second-order valence-electron chi connectivity index (χ2n) is 5.03. The number of aromatic nitrogens is 2. The molecule has 1 unspecified atom stereocenters. The highest BCUT2D eigenvalue weighted by Crippen LogP contribution is 2.31. The molecule has 2 rings (SSSR count). The highest BCUT2D eigenvalue weighted by atomic mass is 16.5. The van der Waals surface area contributed by atoms with Crippen LogP contribution in [0.5, 0.6) is 5.75 Å². The molecule has 1 aliphatic heterocycles. The lowest BCUT2D eigenvalue weighted by molar-refractivity contribution is 0.270. The van der Waals surface area contributed by atoms with E-state index in [1.54, 1.807) is 7.11 Å². The van der Waals surface area contributed by atoms with Crippen molar-refractivity contribution in [3.8, 4) is 5.75 Å². The van der Waals surface area contributed by atoms with Crippen molar-refractivity contribution in [1.82, 2.24) is 14.9 Å². The van der Waals surface area contributed by atoms with Gasteiger partial charge in [0.05, 0.1) is 7.11 Å². The summed E-state index contributed by atoms with van der Waals surface area (Å²) in [6.45, 7) is 5.41. The molecule has 7 heteroatoms. The second-order valence-corrected chi connectivity index (χ2v) is 5.03. The van der Waals surface area contributed by atoms with E-state index in [-0.39, 0.29) is 0 Å². The molecule has 0 radical (unpaired) electrons. The first-order valence-corrected chi connectivity index (χ1v) is 7.02. The predicted molar refractivity (Wildman–Crippen MR) is 79.9 cm³/mol. The number of nitrogens with zero attached hydrogens (tertiary/aromatic N) is 4. The first-order chi connectivity index (χ1) is 9.71. The Balaban J connectivity index is 2.14. The van der Waals surface area contributed by atoms with Crippen molar-refractivity contribution in [3.05, 3.63) is 6.33 Å². The zero-order chi connectivity index (χ0) is 14.5. The number of likely N-dealkylation sites (tertiary alicyclic amines) is 1. The summed E-state index contributed by atoms with van der Waals surface area (Å²) in [5, 5.41) is 0. The van der Waals surface area contributed by atoms with E-state index >= 15 is 0 Å². The van der Waals surface area contributed by atoms with E-state index in [1.807, 2.05) is 7.05 Å². The molecule has 2 heterocycles. The summed E-state index contributed by atoms with van der Waals surface area (Å²) in [4.78, 5) is 13.0. The summed E-state index contributed by atoms with van der Waals surface area (Å²) in [6, 6.07) is 0.568. The van der Waals surface area contributed by atoms with Gasteiger partial charge >= 0.3 is 0 Å². The molecule has 1 aromatic heterocycles. The van der Waals surface area contributed by atoms with Crippen LogP contribution >= 0.6 is 0 Å². The molecule has 7 nitrogen and oxygen atoms in total. The van der Waals surface area contributed by atoms with Crippen molar-refractivity contribution in [3.63, 3.8) is 0 Å². The molecule has 0 saturated carbocycles. The normalized spacial score (nSPS) is 19.1. The third-order valence-corrected chi connectivity index (χ3v) is 3.88. The minimum atomic E-state index is 0.503. The molecule has 0 aromatic carbocycles. The number of nitrogens with one attached hydrogen (secondary N) is 1. The molecule has 1 fully saturated rings. The fourth-order valence-electron chi connectivity index (χ4n) is 2.85. The SMILES string of the molecule is CCN1CCCC1CN(C)c1ncnc(NN)c1OC. The van der Waals surface area contributed by atoms with Gasteiger partial charge in [-0.2, -0.15) is 0 Å². The summed E-state index contributed by atoms with van der Waals surface area (Å²) < 4.78 is 5.38. The van der Waals surface area contributed by atoms with Crippen molar-refractivity contribution in [2.75, 3.05) is 44.1 Å². The van der Waals surface area contributed by atoms with Crippen LogP contribution in [0.2, 0.25) is 0 Å². The first kappa shape index (κ1) is 14.8. The van der Waals surface area contributed by atoms with Crippen LogP contribution in [0.1, 0.15) is 19.8 Å². The Hall–Kier alpha value is -1.60. The average molecular weight is 280 g/mol. The Kier molecular flexibility index (Phi) is 4.97. The van der Waals surface area contributed by atoms with Gasteiger partial charge in [-0.1, -0.05) is 6.92 Å². The van der Waals surface area contributed by atoms with E-state index in [1.165, 1.54) is 25.7 Å². The highest BCUT2D eigenvalue weighted by Gasteiger charge is 2.26. The van der Waals surface area contributed by atoms with Crippen LogP contribution in [-0.2, 0) is 0 Å². The Morgan fingerprint density at radius 3 is 3.00 bits per heavy atom. The molecule has 0 aliphatic carbocycles. The zero-order valence-electron chi connectivity index (χ0n) is 12.5. The maximum absolute atomic E-state index is 5.46. The van der Waals surface area contributed by atoms with E-state index in [0.29, 0.717) is 17.6 Å². The molecule has 0 amide bonds. The molecule has 0 spiro atoms. The van der Waals surface area contributed by atoms with E-state index in [9.17, 15) is 0 Å². The van der Waals surface area contributed by atoms with Crippen LogP contribution in [-0.4, -0.2) is 54.7 Å². The van der Waals surface area contributed by atoms with Crippen molar-refractivity contribution >= 4 is 11.6 Å². The topological polar surface area (TPSA) is 79.5 Å². The van der Waals surface area contributed by atoms with Gasteiger partial charge in [-0.15, -0.1) is 0 Å². The monoisotopic (exact) mass is 280 g/mol. The van der Waals surface area contributed by atoms with Crippen LogP contribution in [0.25, 0.3) is 0 Å². The van der Waals surface area contributed by atoms with Gasteiger partial charge in [0.1, 0.15) is 6.33 Å². The van der Waals surface area contributed by atoms with E-state index < -0.39 is 0 Å². The Bertz CT molecular complexity index is 441. The number of anilines is 2. The van der Waals surface area contributed by atoms with Gasteiger partial charge in [0.2, 0.25) is 5.75 Å². The number of ether oxygens (including phenoxy) is 1. The fourth-order valence-corrected chi connectivity index (χ4v) is 2.85. The summed E-state index contributed by atoms with van der Waals surface area (Å²) in [5.41, 5.74) is 2.54. The van der Waals surface area contributed by atoms with E-state index in [4.69, 9.17) is 10.6 Å². The Morgan fingerprint density at radius 1 is 1.55 bits per heavy atom. The van der Waals surface area contributed by atoms with Crippen LogP contribution in [0.3, 0.4) is 0 Å². The highest BCUT2D eigenvalue weighted by molar-refractivity contribution is 5.64. The molecular weight excluding hydrogens is 256 g/mol. The van der Waals surface area contributed by atoms with Gasteiger partial charge < -0.3 is 15.1 Å². The Morgan fingerprint density at radius 2 is 2.35 bits per heavy atom. The maximum Gasteiger partial charge on any atom is 0.205 e. The molecule has 0 bridgehead atoms. The number of methoxy groups -OCH3 is 1. The van der Waals surface area contributed by atoms with E-state index in [2.05, 4.69) is 32.1 Å². The van der Waals surface area contributed by atoms with Crippen LogP contribution in [0.4, 0.5) is 11.6 Å². The number of hydrogen-bond donors (Lipinski definition) is 2. The Labute approximate surface area is 120 Å². The van der Waals surface area contributed by atoms with Gasteiger partial charge in [0.25, 0.3) is 0 Å². The summed E-state index contributed by atoms with van der Waals surface area (Å²) in [6.07, 6.45) is 3.99. The van der Waals surface area contributed by atoms with Gasteiger partial charge in [-0.25, -0.2) is 15.8 Å². The lowest BCUT2D eigenvalue weighted by atomic mass is 10.2. The lowest BCUT2D eigenvalue weighted by Gasteiger charge is -2.29. The van der Waals surface area contributed by atoms with Crippen molar-refractivity contribution in [2.24, 2.45) is 5.84 Å². The number of likely N-dealkylation sites (N-methyl/N-ethyl adjacent to an activating group) is 2. The van der Waals surface area contributed by atoms with Gasteiger partial charge in [-0.05, 0) is 25.9 Å². The summed E-state index contributed by atoms with van der Waals surface area (Å²) in [5.74, 6) is 7.30. The van der Waals surface area contributed by atoms with Gasteiger partial charge in [0.15, 0.2) is 11.6 Å². The minimum Gasteiger partial charge on any atom is -0.490 e. The molecule has 1 atom stereocenters. The van der Waals surface area contributed by atoms with Crippen LogP contribution in [0, 0.1) is 0 Å². The van der Waals surface area contributed by atoms with Gasteiger partial charge in [0, 0.05) is 19.6 Å². The first-order valence-electron chi connectivity index (χ1n) is 7.02. The third-order valence-electron chi connectivity index (χ3n) is 3.88. The van der Waals surface area contributed by atoms with Gasteiger partial charge in [-0.3, -0.25) is 4.90 Å². The number of nitrogen functional groups attached to an aromatic ring is 1. The number of rotatable bonds is 6. The summed E-state index contributed by atoms with van der Waals surface area (Å²) in [7, 11) is 3.63. The van der Waals surface area contributed by atoms with Crippen molar-refractivity contribution < 1.29 is 4.74 Å². The predicted octanol–water partition coefficient (Wildman–Crippen LogP) is 0.691. The molecule has 3 N–H and O–H groups in total. The van der Waals surface area contributed by atoms with Crippen molar-refractivity contribution in [1.29, 1.82) is 0 Å². The molecular formula is C13H24N6O. The number of hydrogen-bond acceptors (Lipinski definition) is 7. The molecule has 1 aliphatic rings. The number of nitrogens with two attached hydrogens (primary N) is 1. The fraction of sp³-hybridized carbons (Fsp3) is 0.692. The summed E-state index contributed by atoms with van der Waals surface area (Å²) >= 11 is 0. The number of hydrazine groups is 1. The largest absolute Gasteiger partial charge is 0.490 e. The maximum atomic E-state index is 5.46. The van der Waals surface area contributed by atoms with Crippen LogP contribution < -0.4 is 20.9 Å². The quantitative estimate of drug-likeness (QED) is 0.586. The van der Waals surface area contributed by atoms with E-state index in [0.717, 1.165) is 18.9 Å². The standard InChI is InChI=1S/C13H24N6O/c1-4-19-7-5-6-10(19)8-18(2)13-11(20-3)12(17-14)15-9-16-13/h9-10H,4-8,14H2,1-3H3,(H,15,16,17). The lowest BCUT2D eigenvalue weighted by Crippen LogP contribution is -2.39. The minimum absolute atomic E-state index is 0.503. The molecule has 1 saturated heterocycles. The molecule has 20 heavy (non-hydrogen) atoms. The van der Waals surface area contributed by atoms with Crippen LogP contribution in [0.15, 0.2) is 6.33 Å². The second kappa shape index (κ2) is 6.71.